The predicted molar refractivity (Wildman–Crippen MR) is 78.8 cm³/mol. The van der Waals surface area contributed by atoms with Crippen molar-refractivity contribution >= 4 is 11.6 Å². The van der Waals surface area contributed by atoms with Gasteiger partial charge in [0.2, 0.25) is 0 Å². The van der Waals surface area contributed by atoms with E-state index in [1.165, 1.54) is 0 Å². The molecule has 2 rings (SSSR count). The van der Waals surface area contributed by atoms with E-state index in [2.05, 4.69) is 10.1 Å². The average Bonchev–Trinajstić information content (AvgIpc) is 2.92. The third kappa shape index (κ3) is 2.88. The molecule has 1 atom stereocenters. The number of imidazole rings is 1. The molecule has 5 nitrogen and oxygen atoms in total. The second-order valence-corrected chi connectivity index (χ2v) is 5.73. The summed E-state index contributed by atoms with van der Waals surface area (Å²) in [4.78, 5) is 4.26. The molecule has 2 aromatic heterocycles. The van der Waals surface area contributed by atoms with E-state index >= 15 is 0 Å². The summed E-state index contributed by atoms with van der Waals surface area (Å²) in [7, 11) is 3.74. The number of aliphatic hydroxyl groups excluding tert-OH is 1. The second-order valence-electron chi connectivity index (χ2n) is 5.38. The van der Waals surface area contributed by atoms with Crippen LogP contribution in [0, 0.1) is 0 Å². The van der Waals surface area contributed by atoms with Crippen molar-refractivity contribution in [3.05, 3.63) is 34.6 Å². The van der Waals surface area contributed by atoms with Gasteiger partial charge in [-0.15, -0.1) is 0 Å². The first-order valence-corrected chi connectivity index (χ1v) is 7.16. The summed E-state index contributed by atoms with van der Waals surface area (Å²) in [5.41, 5.74) is 1.61. The van der Waals surface area contributed by atoms with Crippen LogP contribution in [-0.2, 0) is 20.5 Å². The first-order chi connectivity index (χ1) is 9.41. The van der Waals surface area contributed by atoms with Crippen LogP contribution in [-0.4, -0.2) is 24.4 Å². The number of aryl methyl sites for hydroxylation is 3. The topological polar surface area (TPSA) is 55.9 Å². The highest BCUT2D eigenvalue weighted by atomic mass is 35.5. The fourth-order valence-corrected chi connectivity index (χ4v) is 2.58. The highest BCUT2D eigenvalue weighted by Crippen LogP contribution is 2.32. The lowest BCUT2D eigenvalue weighted by Crippen LogP contribution is -2.06. The molecule has 6 heteroatoms. The molecule has 110 valence electrons. The molecule has 0 amide bonds. The van der Waals surface area contributed by atoms with E-state index in [-0.39, 0.29) is 5.92 Å². The Morgan fingerprint density at radius 2 is 2.05 bits per heavy atom. The number of halogens is 1. The van der Waals surface area contributed by atoms with Crippen molar-refractivity contribution in [1.82, 2.24) is 19.3 Å². The molecule has 0 radical (unpaired) electrons. The van der Waals surface area contributed by atoms with E-state index in [1.54, 1.807) is 17.9 Å². The molecule has 0 aliphatic heterocycles. The van der Waals surface area contributed by atoms with Gasteiger partial charge in [0.1, 0.15) is 11.0 Å². The largest absolute Gasteiger partial charge is 0.388 e. The van der Waals surface area contributed by atoms with Gasteiger partial charge in [-0.05, 0) is 12.3 Å². The molecule has 1 unspecified atom stereocenters. The normalized spacial score (nSPS) is 13.2. The van der Waals surface area contributed by atoms with Gasteiger partial charge in [-0.25, -0.2) is 4.98 Å². The first kappa shape index (κ1) is 15.1. The lowest BCUT2D eigenvalue weighted by atomic mass is 9.99. The van der Waals surface area contributed by atoms with E-state index in [0.29, 0.717) is 18.0 Å². The lowest BCUT2D eigenvalue weighted by Gasteiger charge is -2.13. The Morgan fingerprint density at radius 3 is 2.60 bits per heavy atom. The summed E-state index contributed by atoms with van der Waals surface area (Å²) in [6, 6.07) is 0. The van der Waals surface area contributed by atoms with E-state index in [0.717, 1.165) is 17.1 Å². The van der Waals surface area contributed by atoms with E-state index in [4.69, 9.17) is 11.6 Å². The van der Waals surface area contributed by atoms with Crippen LogP contribution in [0.2, 0.25) is 5.15 Å². The van der Waals surface area contributed by atoms with Crippen LogP contribution in [0.5, 0.6) is 0 Å². The molecule has 2 heterocycles. The Hall–Kier alpha value is -1.33. The zero-order valence-corrected chi connectivity index (χ0v) is 13.1. The molecule has 1 N–H and O–H groups in total. The monoisotopic (exact) mass is 296 g/mol. The van der Waals surface area contributed by atoms with Crippen molar-refractivity contribution in [2.45, 2.75) is 38.7 Å². The van der Waals surface area contributed by atoms with Gasteiger partial charge in [-0.3, -0.25) is 4.68 Å². The third-order valence-corrected chi connectivity index (χ3v) is 3.93. The van der Waals surface area contributed by atoms with Gasteiger partial charge in [0.25, 0.3) is 0 Å². The van der Waals surface area contributed by atoms with Gasteiger partial charge in [0, 0.05) is 38.5 Å². The van der Waals surface area contributed by atoms with Gasteiger partial charge >= 0.3 is 0 Å². The zero-order valence-electron chi connectivity index (χ0n) is 12.3. The van der Waals surface area contributed by atoms with Crippen LogP contribution in [0.25, 0.3) is 0 Å². The summed E-state index contributed by atoms with van der Waals surface area (Å²) in [5.74, 6) is 1.18. The Morgan fingerprint density at radius 1 is 1.35 bits per heavy atom. The molecular weight excluding hydrogens is 276 g/mol. The Labute approximate surface area is 124 Å². The minimum atomic E-state index is -0.620. The van der Waals surface area contributed by atoms with Crippen molar-refractivity contribution in [1.29, 1.82) is 0 Å². The molecule has 0 aliphatic carbocycles. The lowest BCUT2D eigenvalue weighted by molar-refractivity contribution is 0.165. The standard InChI is InChI=1S/C14H21ClN4O/c1-9(2)13-12(14(15)19(4)17-13)10(20)5-6-11-16-7-8-18(11)3/h7-10,20H,5-6H2,1-4H3. The van der Waals surface area contributed by atoms with Crippen LogP contribution < -0.4 is 0 Å². The van der Waals surface area contributed by atoms with Crippen LogP contribution in [0.4, 0.5) is 0 Å². The number of nitrogens with zero attached hydrogens (tertiary/aromatic N) is 4. The quantitative estimate of drug-likeness (QED) is 0.923. The minimum absolute atomic E-state index is 0.228. The Balaban J connectivity index is 2.17. The fraction of sp³-hybridized carbons (Fsp3) is 0.571. The molecule has 2 aromatic rings. The summed E-state index contributed by atoms with van der Waals surface area (Å²) in [5, 5.41) is 15.4. The zero-order chi connectivity index (χ0) is 14.9. The van der Waals surface area contributed by atoms with Gasteiger partial charge in [-0.2, -0.15) is 5.10 Å². The number of aliphatic hydroxyl groups is 1. The van der Waals surface area contributed by atoms with E-state index in [1.807, 2.05) is 31.7 Å². The highest BCUT2D eigenvalue weighted by molar-refractivity contribution is 6.30. The smallest absolute Gasteiger partial charge is 0.132 e. The molecule has 20 heavy (non-hydrogen) atoms. The van der Waals surface area contributed by atoms with Crippen molar-refractivity contribution in [3.63, 3.8) is 0 Å². The van der Waals surface area contributed by atoms with E-state index < -0.39 is 6.10 Å². The van der Waals surface area contributed by atoms with Crippen LogP contribution in [0.3, 0.4) is 0 Å². The maximum atomic E-state index is 10.5. The summed E-state index contributed by atoms with van der Waals surface area (Å²) >= 11 is 6.26. The van der Waals surface area contributed by atoms with Gasteiger partial charge in [0.15, 0.2) is 0 Å². The molecule has 0 saturated heterocycles. The molecule has 0 saturated carbocycles. The van der Waals surface area contributed by atoms with E-state index in [9.17, 15) is 5.11 Å². The van der Waals surface area contributed by atoms with Crippen LogP contribution in [0.1, 0.15) is 49.4 Å². The first-order valence-electron chi connectivity index (χ1n) is 6.78. The molecule has 0 aromatic carbocycles. The minimum Gasteiger partial charge on any atom is -0.388 e. The summed E-state index contributed by atoms with van der Waals surface area (Å²) in [6.07, 6.45) is 4.32. The SMILES string of the molecule is CC(C)c1nn(C)c(Cl)c1C(O)CCc1nccn1C. The van der Waals surface area contributed by atoms with Gasteiger partial charge < -0.3 is 9.67 Å². The molecular formula is C14H21ClN4O. The molecule has 0 bridgehead atoms. The Kier molecular flexibility index (Phi) is 4.50. The predicted octanol–water partition coefficient (Wildman–Crippen LogP) is 2.60. The third-order valence-electron chi connectivity index (χ3n) is 3.48. The molecule has 0 fully saturated rings. The fourth-order valence-electron chi connectivity index (χ4n) is 2.32. The van der Waals surface area contributed by atoms with Crippen molar-refractivity contribution < 1.29 is 5.11 Å². The second kappa shape index (κ2) is 5.97. The van der Waals surface area contributed by atoms with Crippen molar-refractivity contribution in [2.24, 2.45) is 14.1 Å². The highest BCUT2D eigenvalue weighted by Gasteiger charge is 2.23. The summed E-state index contributed by atoms with van der Waals surface area (Å²) < 4.78 is 3.58. The number of hydrogen-bond acceptors (Lipinski definition) is 3. The van der Waals surface area contributed by atoms with Crippen LogP contribution in [0.15, 0.2) is 12.4 Å². The average molecular weight is 297 g/mol. The van der Waals surface area contributed by atoms with Gasteiger partial charge in [-0.1, -0.05) is 25.4 Å². The maximum absolute atomic E-state index is 10.5. The molecule has 0 spiro atoms. The van der Waals surface area contributed by atoms with Crippen LogP contribution >= 0.6 is 11.6 Å². The molecule has 0 aliphatic rings. The summed E-state index contributed by atoms with van der Waals surface area (Å²) in [6.45, 7) is 4.10. The van der Waals surface area contributed by atoms with Crippen molar-refractivity contribution in [3.8, 4) is 0 Å². The maximum Gasteiger partial charge on any atom is 0.132 e. The van der Waals surface area contributed by atoms with Crippen molar-refractivity contribution in [2.75, 3.05) is 0 Å². The number of aromatic nitrogens is 4. The number of hydrogen-bond donors (Lipinski definition) is 1. The number of rotatable bonds is 5. The Bertz CT molecular complexity index is 588. The van der Waals surface area contributed by atoms with Gasteiger partial charge in [0.05, 0.1) is 11.8 Å².